The van der Waals surface area contributed by atoms with Crippen LogP contribution in [-0.2, 0) is 24.2 Å². The van der Waals surface area contributed by atoms with Gasteiger partial charge in [0.1, 0.15) is 0 Å². The molecule has 0 aromatic heterocycles. The molecule has 5 rings (SSSR count). The Morgan fingerprint density at radius 1 is 1.03 bits per heavy atom. The van der Waals surface area contributed by atoms with Gasteiger partial charge >= 0.3 is 0 Å². The summed E-state index contributed by atoms with van der Waals surface area (Å²) in [6, 6.07) is 14.7. The molecule has 0 unspecified atom stereocenters. The van der Waals surface area contributed by atoms with Crippen LogP contribution < -0.4 is 20.1 Å². The lowest BCUT2D eigenvalue weighted by atomic mass is 9.83. The van der Waals surface area contributed by atoms with Crippen LogP contribution in [0.3, 0.4) is 0 Å². The van der Waals surface area contributed by atoms with Crippen molar-refractivity contribution >= 4 is 5.91 Å². The van der Waals surface area contributed by atoms with Crippen molar-refractivity contribution in [2.45, 2.75) is 56.8 Å². The number of hydrogen-bond donors (Lipinski definition) is 3. The van der Waals surface area contributed by atoms with Crippen LogP contribution in [0.15, 0.2) is 42.5 Å². The van der Waals surface area contributed by atoms with Gasteiger partial charge in [-0.3, -0.25) is 4.79 Å². The van der Waals surface area contributed by atoms with Gasteiger partial charge in [0.2, 0.25) is 12.7 Å². The molecular formula is C24H28N2O4. The standard InChI is InChI=1S/C24H28N2O4/c27-21-12-18(24(28)25-13-15-5-8-22-23(9-15)30-14-29-22)6-7-20(21)26-19-10-16-3-1-2-4-17(16)11-19/h1-5,8-9,18-21,26-27H,6-7,10-14H2,(H,25,28)/t18-,20-,21-/m0/s1. The van der Waals surface area contributed by atoms with Crippen LogP contribution in [0, 0.1) is 5.92 Å². The zero-order valence-electron chi connectivity index (χ0n) is 17.0. The quantitative estimate of drug-likeness (QED) is 0.708. The van der Waals surface area contributed by atoms with Crippen LogP contribution in [0.2, 0.25) is 0 Å². The highest BCUT2D eigenvalue weighted by atomic mass is 16.7. The summed E-state index contributed by atoms with van der Waals surface area (Å²) in [5, 5.41) is 17.3. The number of hydrogen-bond acceptors (Lipinski definition) is 5. The monoisotopic (exact) mass is 408 g/mol. The van der Waals surface area contributed by atoms with Crippen LogP contribution in [0.4, 0.5) is 0 Å². The summed E-state index contributed by atoms with van der Waals surface area (Å²) in [5.41, 5.74) is 3.78. The third-order valence-corrected chi connectivity index (χ3v) is 6.59. The molecule has 1 heterocycles. The van der Waals surface area contributed by atoms with E-state index in [-0.39, 0.29) is 24.7 Å². The van der Waals surface area contributed by atoms with Crippen molar-refractivity contribution in [1.29, 1.82) is 0 Å². The molecule has 1 saturated carbocycles. The summed E-state index contributed by atoms with van der Waals surface area (Å²) >= 11 is 0. The first-order valence-corrected chi connectivity index (χ1v) is 10.8. The molecule has 0 saturated heterocycles. The lowest BCUT2D eigenvalue weighted by Crippen LogP contribution is -2.50. The molecule has 2 aliphatic carbocycles. The number of benzene rings is 2. The molecule has 2 aromatic carbocycles. The zero-order valence-corrected chi connectivity index (χ0v) is 17.0. The summed E-state index contributed by atoms with van der Waals surface area (Å²) in [5.74, 6) is 1.33. The predicted octanol–water partition coefficient (Wildman–Crippen LogP) is 2.32. The molecule has 3 aliphatic rings. The largest absolute Gasteiger partial charge is 0.454 e. The predicted molar refractivity (Wildman–Crippen MR) is 112 cm³/mol. The third kappa shape index (κ3) is 4.02. The van der Waals surface area contributed by atoms with E-state index in [0.717, 1.165) is 42.7 Å². The molecule has 0 bridgehead atoms. The number of carbonyl (C=O) groups is 1. The van der Waals surface area contributed by atoms with E-state index in [1.54, 1.807) is 0 Å². The van der Waals surface area contributed by atoms with Gasteiger partial charge in [0.15, 0.2) is 11.5 Å². The first-order valence-electron chi connectivity index (χ1n) is 10.8. The van der Waals surface area contributed by atoms with E-state index in [2.05, 4.69) is 34.9 Å². The van der Waals surface area contributed by atoms with Gasteiger partial charge in [0.25, 0.3) is 0 Å². The van der Waals surface area contributed by atoms with Crippen molar-refractivity contribution in [2.24, 2.45) is 5.92 Å². The highest BCUT2D eigenvalue weighted by molar-refractivity contribution is 5.78. The van der Waals surface area contributed by atoms with E-state index in [1.165, 1.54) is 11.1 Å². The average Bonchev–Trinajstić information content (AvgIpc) is 3.39. The average molecular weight is 408 g/mol. The second-order valence-electron chi connectivity index (χ2n) is 8.63. The van der Waals surface area contributed by atoms with Gasteiger partial charge in [0, 0.05) is 24.5 Å². The van der Waals surface area contributed by atoms with Crippen molar-refractivity contribution < 1.29 is 19.4 Å². The Hall–Kier alpha value is -2.57. The fraction of sp³-hybridized carbons (Fsp3) is 0.458. The summed E-state index contributed by atoms with van der Waals surface area (Å²) in [6.07, 6.45) is 3.64. The first kappa shape index (κ1) is 19.4. The molecule has 3 N–H and O–H groups in total. The lowest BCUT2D eigenvalue weighted by Gasteiger charge is -2.34. The number of aliphatic hydroxyl groups excluding tert-OH is 1. The molecule has 30 heavy (non-hydrogen) atoms. The van der Waals surface area contributed by atoms with E-state index >= 15 is 0 Å². The smallest absolute Gasteiger partial charge is 0.231 e. The van der Waals surface area contributed by atoms with Crippen molar-refractivity contribution in [1.82, 2.24) is 10.6 Å². The van der Waals surface area contributed by atoms with Crippen LogP contribution in [0.1, 0.15) is 36.0 Å². The fourth-order valence-corrected chi connectivity index (χ4v) is 4.94. The molecule has 1 amide bonds. The maximum Gasteiger partial charge on any atom is 0.231 e. The zero-order chi connectivity index (χ0) is 20.5. The van der Waals surface area contributed by atoms with Gasteiger partial charge in [-0.15, -0.1) is 0 Å². The molecule has 0 spiro atoms. The maximum atomic E-state index is 12.7. The first-order chi connectivity index (χ1) is 14.7. The van der Waals surface area contributed by atoms with E-state index in [9.17, 15) is 9.90 Å². The van der Waals surface area contributed by atoms with Crippen LogP contribution in [0.25, 0.3) is 0 Å². The Labute approximate surface area is 176 Å². The number of fused-ring (bicyclic) bond motifs is 2. The van der Waals surface area contributed by atoms with Crippen LogP contribution >= 0.6 is 0 Å². The Bertz CT molecular complexity index is 906. The van der Waals surface area contributed by atoms with E-state index in [0.29, 0.717) is 19.0 Å². The molecule has 6 heteroatoms. The Morgan fingerprint density at radius 3 is 2.57 bits per heavy atom. The minimum absolute atomic E-state index is 0.0124. The van der Waals surface area contributed by atoms with Crippen molar-refractivity contribution in [2.75, 3.05) is 6.79 Å². The van der Waals surface area contributed by atoms with Crippen LogP contribution in [0.5, 0.6) is 11.5 Å². The van der Waals surface area contributed by atoms with Crippen molar-refractivity contribution in [3.8, 4) is 11.5 Å². The third-order valence-electron chi connectivity index (χ3n) is 6.59. The number of rotatable bonds is 5. The normalized spacial score (nSPS) is 25.2. The number of ether oxygens (including phenoxy) is 2. The molecular weight excluding hydrogens is 380 g/mol. The highest BCUT2D eigenvalue weighted by Crippen LogP contribution is 2.32. The van der Waals surface area contributed by atoms with Crippen molar-refractivity contribution in [3.63, 3.8) is 0 Å². The Kier molecular flexibility index (Phi) is 5.35. The molecule has 1 aliphatic heterocycles. The number of aliphatic hydroxyl groups is 1. The highest BCUT2D eigenvalue weighted by Gasteiger charge is 2.34. The minimum Gasteiger partial charge on any atom is -0.454 e. The van der Waals surface area contributed by atoms with Gasteiger partial charge in [0.05, 0.1) is 6.10 Å². The van der Waals surface area contributed by atoms with Gasteiger partial charge in [-0.25, -0.2) is 0 Å². The second kappa shape index (κ2) is 8.28. The summed E-state index contributed by atoms with van der Waals surface area (Å²) < 4.78 is 10.7. The maximum absolute atomic E-state index is 12.7. The van der Waals surface area contributed by atoms with Crippen molar-refractivity contribution in [3.05, 3.63) is 59.2 Å². The number of amides is 1. The Morgan fingerprint density at radius 2 is 1.80 bits per heavy atom. The summed E-state index contributed by atoms with van der Waals surface area (Å²) in [4.78, 5) is 12.7. The van der Waals surface area contributed by atoms with Gasteiger partial charge in [-0.2, -0.15) is 0 Å². The molecule has 1 fully saturated rings. The van der Waals surface area contributed by atoms with Gasteiger partial charge < -0.3 is 25.2 Å². The van der Waals surface area contributed by atoms with Gasteiger partial charge in [-0.1, -0.05) is 30.3 Å². The number of nitrogens with one attached hydrogen (secondary N) is 2. The SMILES string of the molecule is O=C(NCc1ccc2c(c1)OCO2)[C@H]1CC[C@H](NC2Cc3ccccc3C2)[C@@H](O)C1. The fourth-order valence-electron chi connectivity index (χ4n) is 4.94. The minimum atomic E-state index is -0.497. The topological polar surface area (TPSA) is 79.8 Å². The Balaban J connectivity index is 1.10. The molecule has 0 radical (unpaired) electrons. The molecule has 6 nitrogen and oxygen atoms in total. The van der Waals surface area contributed by atoms with E-state index < -0.39 is 6.10 Å². The molecule has 2 aromatic rings. The second-order valence-corrected chi connectivity index (χ2v) is 8.63. The lowest BCUT2D eigenvalue weighted by molar-refractivity contribution is -0.127. The van der Waals surface area contributed by atoms with E-state index in [4.69, 9.17) is 9.47 Å². The summed E-state index contributed by atoms with van der Waals surface area (Å²) in [7, 11) is 0. The van der Waals surface area contributed by atoms with Crippen LogP contribution in [-0.4, -0.2) is 36.0 Å². The summed E-state index contributed by atoms with van der Waals surface area (Å²) in [6.45, 7) is 0.692. The van der Waals surface area contributed by atoms with E-state index in [1.807, 2.05) is 18.2 Å². The molecule has 158 valence electrons. The number of carbonyl (C=O) groups excluding carboxylic acids is 1. The molecule has 3 atom stereocenters. The van der Waals surface area contributed by atoms with Gasteiger partial charge in [-0.05, 0) is 60.9 Å².